The summed E-state index contributed by atoms with van der Waals surface area (Å²) in [5, 5.41) is 4.03. The van der Waals surface area contributed by atoms with E-state index in [1.165, 1.54) is 12.8 Å². The molecule has 0 bridgehead atoms. The number of likely N-dealkylation sites (tertiary alicyclic amines) is 1. The third kappa shape index (κ3) is 3.08. The predicted octanol–water partition coefficient (Wildman–Crippen LogP) is 2.67. The summed E-state index contributed by atoms with van der Waals surface area (Å²) in [6, 6.07) is 2.44. The Bertz CT molecular complexity index is 844. The highest BCUT2D eigenvalue weighted by Gasteiger charge is 2.34. The van der Waals surface area contributed by atoms with Crippen LogP contribution in [0, 0.1) is 5.92 Å². The van der Waals surface area contributed by atoms with E-state index in [0.29, 0.717) is 37.2 Å². The van der Waals surface area contributed by atoms with Crippen molar-refractivity contribution >= 4 is 22.6 Å². The van der Waals surface area contributed by atoms with Gasteiger partial charge in [-0.1, -0.05) is 0 Å². The zero-order valence-corrected chi connectivity index (χ0v) is 15.5. The third-order valence-corrected chi connectivity index (χ3v) is 6.49. The van der Waals surface area contributed by atoms with Gasteiger partial charge in [0.15, 0.2) is 0 Å². The summed E-state index contributed by atoms with van der Waals surface area (Å²) in [6.07, 6.45) is 8.18. The summed E-state index contributed by atoms with van der Waals surface area (Å²) in [5.41, 5.74) is 2.52. The number of halogens is 1. The summed E-state index contributed by atoms with van der Waals surface area (Å²) in [5.74, 6) is 0.621. The maximum absolute atomic E-state index is 13.4. The Morgan fingerprint density at radius 2 is 2.07 bits per heavy atom. The molecule has 5 rings (SSSR count). The quantitative estimate of drug-likeness (QED) is 0.871. The number of pyridine rings is 1. The molecule has 2 aromatic heterocycles. The standard InChI is InChI=1S/C20H26FN5O/c21-14-6-8-25(11-14)10-13-1-3-15(4-2-13)26-12-24-20(27)17-9-23-19-16(18(17)26)5-7-22-19/h5,7,9,13-15H,1-4,6,8,10-12H2,(H,22,23)(H,24,27)/t13-,14-,15-/m0/s1. The van der Waals surface area contributed by atoms with Gasteiger partial charge in [-0.3, -0.25) is 4.79 Å². The molecule has 0 radical (unpaired) electrons. The summed E-state index contributed by atoms with van der Waals surface area (Å²) >= 11 is 0. The molecule has 1 aliphatic carbocycles. The molecule has 6 nitrogen and oxygen atoms in total. The van der Waals surface area contributed by atoms with Gasteiger partial charge in [0.05, 0.1) is 17.9 Å². The number of rotatable bonds is 3. The molecule has 1 amide bonds. The van der Waals surface area contributed by atoms with Crippen LogP contribution in [0.5, 0.6) is 0 Å². The van der Waals surface area contributed by atoms with Gasteiger partial charge in [-0.05, 0) is 44.1 Å². The van der Waals surface area contributed by atoms with Gasteiger partial charge >= 0.3 is 0 Å². The summed E-state index contributed by atoms with van der Waals surface area (Å²) in [7, 11) is 0. The van der Waals surface area contributed by atoms with Gasteiger partial charge in [-0.2, -0.15) is 0 Å². The lowest BCUT2D eigenvalue weighted by molar-refractivity contribution is 0.0944. The average Bonchev–Trinajstić information content (AvgIpc) is 3.31. The molecule has 27 heavy (non-hydrogen) atoms. The molecule has 0 unspecified atom stereocenters. The van der Waals surface area contributed by atoms with Crippen molar-refractivity contribution in [3.8, 4) is 0 Å². The molecule has 144 valence electrons. The van der Waals surface area contributed by atoms with Gasteiger partial charge < -0.3 is 20.1 Å². The number of aromatic amines is 1. The highest BCUT2D eigenvalue weighted by molar-refractivity contribution is 6.08. The third-order valence-electron chi connectivity index (χ3n) is 6.49. The second kappa shape index (κ2) is 6.78. The monoisotopic (exact) mass is 371 g/mol. The molecule has 2 aliphatic heterocycles. The first-order chi connectivity index (χ1) is 13.2. The van der Waals surface area contributed by atoms with Crippen molar-refractivity contribution in [1.82, 2.24) is 20.2 Å². The second-order valence-corrected chi connectivity index (χ2v) is 8.21. The van der Waals surface area contributed by atoms with Gasteiger partial charge in [-0.25, -0.2) is 9.37 Å². The number of aromatic nitrogens is 2. The van der Waals surface area contributed by atoms with Crippen molar-refractivity contribution in [2.45, 2.75) is 44.3 Å². The van der Waals surface area contributed by atoms with Crippen LogP contribution >= 0.6 is 0 Å². The van der Waals surface area contributed by atoms with Crippen molar-refractivity contribution in [3.63, 3.8) is 0 Å². The van der Waals surface area contributed by atoms with Gasteiger partial charge in [0.1, 0.15) is 11.8 Å². The molecule has 4 heterocycles. The smallest absolute Gasteiger partial charge is 0.256 e. The molecule has 1 saturated heterocycles. The molecule has 3 aliphatic rings. The Morgan fingerprint density at radius 3 is 2.85 bits per heavy atom. The number of carbonyl (C=O) groups excluding carboxylic acids is 1. The van der Waals surface area contributed by atoms with Gasteiger partial charge in [-0.15, -0.1) is 0 Å². The molecule has 2 aromatic rings. The highest BCUT2D eigenvalue weighted by atomic mass is 19.1. The minimum absolute atomic E-state index is 0.0413. The number of hydrogen-bond acceptors (Lipinski definition) is 4. The van der Waals surface area contributed by atoms with E-state index in [4.69, 9.17) is 0 Å². The number of alkyl halides is 1. The van der Waals surface area contributed by atoms with E-state index in [1.54, 1.807) is 6.20 Å². The van der Waals surface area contributed by atoms with Crippen LogP contribution in [0.15, 0.2) is 18.5 Å². The summed E-state index contributed by atoms with van der Waals surface area (Å²) in [4.78, 5) is 24.5. The Balaban J connectivity index is 1.31. The number of fused-ring (bicyclic) bond motifs is 3. The van der Waals surface area contributed by atoms with Crippen LogP contribution in [-0.2, 0) is 0 Å². The van der Waals surface area contributed by atoms with Crippen LogP contribution in [0.2, 0.25) is 0 Å². The average molecular weight is 371 g/mol. The van der Waals surface area contributed by atoms with E-state index in [2.05, 4.69) is 25.1 Å². The molecule has 2 N–H and O–H groups in total. The Morgan fingerprint density at radius 1 is 1.22 bits per heavy atom. The molecule has 2 fully saturated rings. The van der Waals surface area contributed by atoms with Crippen molar-refractivity contribution in [2.24, 2.45) is 5.92 Å². The van der Waals surface area contributed by atoms with E-state index < -0.39 is 6.17 Å². The van der Waals surface area contributed by atoms with E-state index >= 15 is 0 Å². The maximum atomic E-state index is 13.4. The van der Waals surface area contributed by atoms with E-state index in [1.807, 2.05) is 12.3 Å². The molecular formula is C20H26FN5O. The van der Waals surface area contributed by atoms with Gasteiger partial charge in [0.2, 0.25) is 0 Å². The van der Waals surface area contributed by atoms with Crippen molar-refractivity contribution in [1.29, 1.82) is 0 Å². The summed E-state index contributed by atoms with van der Waals surface area (Å²) < 4.78 is 13.4. The topological polar surface area (TPSA) is 64.3 Å². The van der Waals surface area contributed by atoms with Gasteiger partial charge in [0, 0.05) is 43.5 Å². The fourth-order valence-electron chi connectivity index (χ4n) is 5.07. The number of hydrogen-bond donors (Lipinski definition) is 2. The molecule has 0 spiro atoms. The number of amides is 1. The van der Waals surface area contributed by atoms with Crippen LogP contribution in [0.25, 0.3) is 11.0 Å². The molecular weight excluding hydrogens is 345 g/mol. The number of anilines is 1. The molecule has 1 saturated carbocycles. The number of nitrogens with zero attached hydrogens (tertiary/aromatic N) is 3. The lowest BCUT2D eigenvalue weighted by Crippen LogP contribution is -2.50. The Labute approximate surface area is 158 Å². The van der Waals surface area contributed by atoms with Crippen LogP contribution in [0.3, 0.4) is 0 Å². The lowest BCUT2D eigenvalue weighted by atomic mass is 9.84. The SMILES string of the molecule is O=C1NCN([C@H]2CC[C@H](CN3CC[C@H](F)C3)CC2)c2c1cnc1[nH]ccc21. The Hall–Kier alpha value is -2.15. The molecule has 0 aromatic carbocycles. The van der Waals surface area contributed by atoms with Crippen LogP contribution in [0.4, 0.5) is 10.1 Å². The lowest BCUT2D eigenvalue weighted by Gasteiger charge is -2.41. The number of carbonyl (C=O) groups is 1. The van der Waals surface area contributed by atoms with Crippen LogP contribution < -0.4 is 10.2 Å². The first kappa shape index (κ1) is 17.0. The first-order valence-electron chi connectivity index (χ1n) is 10.1. The van der Waals surface area contributed by atoms with Crippen LogP contribution in [-0.4, -0.2) is 59.3 Å². The second-order valence-electron chi connectivity index (χ2n) is 8.21. The normalized spacial score (nSPS) is 29.1. The maximum Gasteiger partial charge on any atom is 0.256 e. The fraction of sp³-hybridized carbons (Fsp3) is 0.600. The minimum atomic E-state index is -0.632. The number of H-pyrrole nitrogens is 1. The fourth-order valence-corrected chi connectivity index (χ4v) is 5.07. The molecule has 7 heteroatoms. The minimum Gasteiger partial charge on any atom is -0.350 e. The van der Waals surface area contributed by atoms with Crippen molar-refractivity contribution in [2.75, 3.05) is 31.2 Å². The zero-order valence-electron chi connectivity index (χ0n) is 15.5. The van der Waals surface area contributed by atoms with Crippen LogP contribution in [0.1, 0.15) is 42.5 Å². The van der Waals surface area contributed by atoms with E-state index in [-0.39, 0.29) is 5.91 Å². The van der Waals surface area contributed by atoms with Crippen molar-refractivity contribution < 1.29 is 9.18 Å². The van der Waals surface area contributed by atoms with Gasteiger partial charge in [0.25, 0.3) is 5.91 Å². The number of nitrogens with one attached hydrogen (secondary N) is 2. The summed E-state index contributed by atoms with van der Waals surface area (Å²) in [6.45, 7) is 3.11. The zero-order chi connectivity index (χ0) is 18.4. The highest BCUT2D eigenvalue weighted by Crippen LogP contribution is 2.37. The van der Waals surface area contributed by atoms with Crippen molar-refractivity contribution in [3.05, 3.63) is 24.0 Å². The molecule has 1 atom stereocenters. The first-order valence-corrected chi connectivity index (χ1v) is 10.1. The van der Waals surface area contributed by atoms with E-state index in [0.717, 1.165) is 42.7 Å². The predicted molar refractivity (Wildman–Crippen MR) is 103 cm³/mol. The van der Waals surface area contributed by atoms with E-state index in [9.17, 15) is 9.18 Å². The largest absolute Gasteiger partial charge is 0.350 e. The Kier molecular flexibility index (Phi) is 4.27.